The molecule has 0 fully saturated rings. The van der Waals surface area contributed by atoms with E-state index < -0.39 is 0 Å². The highest BCUT2D eigenvalue weighted by atomic mass is 14.7. The fraction of sp³-hybridized carbons (Fsp3) is 0.375. The Morgan fingerprint density at radius 1 is 1.60 bits per heavy atom. The van der Waals surface area contributed by atoms with Crippen molar-refractivity contribution in [3.05, 3.63) is 23.3 Å². The van der Waals surface area contributed by atoms with E-state index in [9.17, 15) is 0 Å². The monoisotopic (exact) mass is 132 g/mol. The molecule has 2 heteroatoms. The van der Waals surface area contributed by atoms with E-state index in [1.165, 1.54) is 11.0 Å². The quantitative estimate of drug-likeness (QED) is 0.484. The van der Waals surface area contributed by atoms with Crippen molar-refractivity contribution < 1.29 is 0 Å². The molecule has 10 heavy (non-hydrogen) atoms. The van der Waals surface area contributed by atoms with Gasteiger partial charge in [-0.25, -0.2) is 0 Å². The van der Waals surface area contributed by atoms with Crippen LogP contribution in [0.15, 0.2) is 28.3 Å². The van der Waals surface area contributed by atoms with Gasteiger partial charge in [0.2, 0.25) is 0 Å². The van der Waals surface area contributed by atoms with Crippen molar-refractivity contribution in [3.8, 4) is 0 Å². The Morgan fingerprint density at radius 3 is 3.10 bits per heavy atom. The number of nitrogens with zero attached hydrogens (tertiary/aromatic N) is 1. The van der Waals surface area contributed by atoms with Crippen molar-refractivity contribution in [3.63, 3.8) is 0 Å². The Bertz CT molecular complexity index is 201. The predicted octanol–water partition coefficient (Wildman–Crippen LogP) is 2.00. The van der Waals surface area contributed by atoms with Gasteiger partial charge in [-0.05, 0) is 18.9 Å². The van der Waals surface area contributed by atoms with Crippen LogP contribution in [0.3, 0.4) is 0 Å². The molecule has 1 aliphatic rings. The van der Waals surface area contributed by atoms with Crippen LogP contribution in [-0.2, 0) is 0 Å². The number of hydrogen-bond acceptors (Lipinski definition) is 1. The van der Waals surface area contributed by atoms with E-state index in [2.05, 4.69) is 32.1 Å². The maximum atomic E-state index is 4.09. The van der Waals surface area contributed by atoms with E-state index in [-0.39, 0.29) is 0 Å². The summed E-state index contributed by atoms with van der Waals surface area (Å²) in [5, 5.41) is 0. The van der Waals surface area contributed by atoms with Crippen molar-refractivity contribution in [1.29, 1.82) is 0 Å². The first-order valence-corrected chi connectivity index (χ1v) is 3.51. The number of allylic oxidation sites excluding steroid dienone is 3. The minimum atomic E-state index is 0.963. The summed E-state index contributed by atoms with van der Waals surface area (Å²) in [5.41, 5.74) is 2.57. The van der Waals surface area contributed by atoms with Gasteiger partial charge in [0, 0.05) is 12.4 Å². The van der Waals surface area contributed by atoms with Gasteiger partial charge in [-0.2, -0.15) is 0 Å². The first kappa shape index (κ1) is 7.32. The fourth-order valence-corrected chi connectivity index (χ4v) is 0.918. The van der Waals surface area contributed by atoms with Gasteiger partial charge in [0.25, 0.3) is 0 Å². The van der Waals surface area contributed by atoms with Gasteiger partial charge in [-0.3, -0.25) is 4.99 Å². The molecule has 0 saturated carbocycles. The third-order valence-electron chi connectivity index (χ3n) is 1.49. The molecule has 1 heterocycles. The molecule has 0 aromatic heterocycles. The largest absolute Gasteiger partial charge is 0.269 e. The summed E-state index contributed by atoms with van der Waals surface area (Å²) in [6.07, 6.45) is 6.94. The van der Waals surface area contributed by atoms with E-state index in [1.54, 1.807) is 0 Å². The predicted molar refractivity (Wildman–Crippen MR) is 46.6 cm³/mol. The number of aliphatic imine (C=N–C) groups is 1. The molecule has 0 amide bonds. The van der Waals surface area contributed by atoms with Gasteiger partial charge >= 0.3 is 0 Å². The summed E-state index contributed by atoms with van der Waals surface area (Å²) in [4.78, 5) is 4.09. The van der Waals surface area contributed by atoms with Crippen LogP contribution in [0.25, 0.3) is 0 Å². The van der Waals surface area contributed by atoms with Crippen molar-refractivity contribution >= 4 is 13.5 Å². The summed E-state index contributed by atoms with van der Waals surface area (Å²) in [7, 11) is 2.12. The Balaban J connectivity index is 2.77. The Kier molecular flexibility index (Phi) is 2.49. The van der Waals surface area contributed by atoms with Crippen LogP contribution in [0.1, 0.15) is 13.3 Å². The van der Waals surface area contributed by atoms with E-state index in [0.717, 1.165) is 6.42 Å². The summed E-state index contributed by atoms with van der Waals surface area (Å²) in [5.74, 6) is 0. The smallest absolute Gasteiger partial charge is 0.143 e. The standard InChI is InChI=1S/C8H11BN/c1-7-5-8(9-2)3-4-10-6-7/h4-6H,3H2,1-2H3. The molecule has 0 spiro atoms. The summed E-state index contributed by atoms with van der Waals surface area (Å²) in [6.45, 7) is 4.12. The average Bonchev–Trinajstić information content (AvgIpc) is 2.13. The average molecular weight is 132 g/mol. The fourth-order valence-electron chi connectivity index (χ4n) is 0.918. The normalized spacial score (nSPS) is 17.4. The molecule has 51 valence electrons. The minimum absolute atomic E-state index is 0.963. The third kappa shape index (κ3) is 1.87. The van der Waals surface area contributed by atoms with Crippen LogP contribution in [0, 0.1) is 0 Å². The molecule has 1 nitrogen and oxygen atoms in total. The van der Waals surface area contributed by atoms with Gasteiger partial charge < -0.3 is 0 Å². The van der Waals surface area contributed by atoms with Gasteiger partial charge in [0.1, 0.15) is 7.28 Å². The SMILES string of the molecule is C[B]C1=CC(C)=CN=CC1. The topological polar surface area (TPSA) is 12.4 Å². The molecular weight excluding hydrogens is 121 g/mol. The summed E-state index contributed by atoms with van der Waals surface area (Å²) in [6, 6.07) is 0. The van der Waals surface area contributed by atoms with Crippen LogP contribution >= 0.6 is 0 Å². The number of rotatable bonds is 1. The maximum absolute atomic E-state index is 4.09. The minimum Gasteiger partial charge on any atom is -0.269 e. The Hall–Kier alpha value is -0.785. The second-order valence-corrected chi connectivity index (χ2v) is 2.42. The van der Waals surface area contributed by atoms with Crippen LogP contribution in [0.4, 0.5) is 0 Å². The zero-order valence-corrected chi connectivity index (χ0v) is 6.46. The van der Waals surface area contributed by atoms with Crippen molar-refractivity contribution in [1.82, 2.24) is 0 Å². The molecule has 0 N–H and O–H groups in total. The highest BCUT2D eigenvalue weighted by molar-refractivity contribution is 6.44. The zero-order chi connectivity index (χ0) is 7.40. The molecule has 0 unspecified atom stereocenters. The lowest BCUT2D eigenvalue weighted by Gasteiger charge is -1.95. The molecule has 0 aromatic carbocycles. The summed E-state index contributed by atoms with van der Waals surface area (Å²) < 4.78 is 0. The Labute approximate surface area is 62.8 Å². The maximum Gasteiger partial charge on any atom is 0.143 e. The van der Waals surface area contributed by atoms with Crippen LogP contribution in [-0.4, -0.2) is 13.5 Å². The van der Waals surface area contributed by atoms with E-state index >= 15 is 0 Å². The molecule has 0 aromatic rings. The van der Waals surface area contributed by atoms with Gasteiger partial charge in [0.05, 0.1) is 0 Å². The number of hydrogen-bond donors (Lipinski definition) is 0. The van der Waals surface area contributed by atoms with Gasteiger partial charge in [-0.15, -0.1) is 5.47 Å². The Morgan fingerprint density at radius 2 is 2.40 bits per heavy atom. The molecule has 1 aliphatic heterocycles. The zero-order valence-electron chi connectivity index (χ0n) is 6.46. The van der Waals surface area contributed by atoms with Gasteiger partial charge in [-0.1, -0.05) is 12.9 Å². The lowest BCUT2D eigenvalue weighted by molar-refractivity contribution is 1.44. The van der Waals surface area contributed by atoms with Crippen LogP contribution in [0.5, 0.6) is 0 Å². The molecule has 0 aliphatic carbocycles. The molecule has 0 bridgehead atoms. The molecular formula is C8H11BN. The second kappa shape index (κ2) is 3.40. The molecule has 0 saturated heterocycles. The highest BCUT2D eigenvalue weighted by Crippen LogP contribution is 2.07. The molecule has 1 radical (unpaired) electrons. The van der Waals surface area contributed by atoms with E-state index in [0.29, 0.717) is 0 Å². The van der Waals surface area contributed by atoms with Crippen molar-refractivity contribution in [2.45, 2.75) is 20.2 Å². The summed E-state index contributed by atoms with van der Waals surface area (Å²) >= 11 is 0. The lowest BCUT2D eigenvalue weighted by atomic mass is 9.70. The van der Waals surface area contributed by atoms with E-state index in [4.69, 9.17) is 0 Å². The lowest BCUT2D eigenvalue weighted by Crippen LogP contribution is -1.90. The van der Waals surface area contributed by atoms with Gasteiger partial charge in [0.15, 0.2) is 0 Å². The van der Waals surface area contributed by atoms with Crippen molar-refractivity contribution in [2.75, 3.05) is 0 Å². The third-order valence-corrected chi connectivity index (χ3v) is 1.49. The van der Waals surface area contributed by atoms with Crippen molar-refractivity contribution in [2.24, 2.45) is 4.99 Å². The molecule has 0 atom stereocenters. The molecule has 1 rings (SSSR count). The van der Waals surface area contributed by atoms with Crippen LogP contribution < -0.4 is 0 Å². The van der Waals surface area contributed by atoms with E-state index in [1.807, 2.05) is 12.4 Å². The van der Waals surface area contributed by atoms with Crippen LogP contribution in [0.2, 0.25) is 6.82 Å². The highest BCUT2D eigenvalue weighted by Gasteiger charge is 1.95. The second-order valence-electron chi connectivity index (χ2n) is 2.42. The first-order valence-electron chi connectivity index (χ1n) is 3.51. The first-order chi connectivity index (χ1) is 4.83.